The molecule has 20 heavy (non-hydrogen) atoms. The first kappa shape index (κ1) is 16.3. The number of sulfonamides is 1. The number of thioether (sulfide) groups is 1. The van der Waals surface area contributed by atoms with E-state index in [-0.39, 0.29) is 4.75 Å². The fourth-order valence-corrected chi connectivity index (χ4v) is 6.92. The number of aryl methyl sites for hydroxylation is 1. The summed E-state index contributed by atoms with van der Waals surface area (Å²) in [6.07, 6.45) is 0. The Morgan fingerprint density at radius 2 is 2.15 bits per heavy atom. The van der Waals surface area contributed by atoms with Gasteiger partial charge < -0.3 is 5.32 Å². The Labute approximate surface area is 130 Å². The molecule has 2 heterocycles. The van der Waals surface area contributed by atoms with Crippen molar-refractivity contribution in [3.8, 4) is 0 Å². The Bertz CT molecular complexity index is 578. The third-order valence-corrected chi connectivity index (χ3v) is 8.15. The van der Waals surface area contributed by atoms with E-state index in [1.54, 1.807) is 10.4 Å². The second-order valence-electron chi connectivity index (χ2n) is 5.65. The van der Waals surface area contributed by atoms with Gasteiger partial charge in [-0.05, 0) is 39.4 Å². The molecule has 1 aromatic rings. The lowest BCUT2D eigenvalue weighted by Crippen LogP contribution is -2.45. The van der Waals surface area contributed by atoms with E-state index in [0.29, 0.717) is 23.8 Å². The summed E-state index contributed by atoms with van der Waals surface area (Å²) >= 11 is 3.23. The van der Waals surface area contributed by atoms with E-state index in [9.17, 15) is 8.42 Å². The molecule has 0 unspecified atom stereocenters. The highest BCUT2D eigenvalue weighted by atomic mass is 32.2. The van der Waals surface area contributed by atoms with Crippen molar-refractivity contribution in [3.63, 3.8) is 0 Å². The van der Waals surface area contributed by atoms with Gasteiger partial charge >= 0.3 is 0 Å². The quantitative estimate of drug-likeness (QED) is 0.918. The maximum Gasteiger partial charge on any atom is 0.252 e. The van der Waals surface area contributed by atoms with E-state index in [0.717, 1.165) is 16.2 Å². The van der Waals surface area contributed by atoms with Crippen LogP contribution in [-0.4, -0.2) is 43.4 Å². The maximum atomic E-state index is 12.8. The van der Waals surface area contributed by atoms with E-state index in [4.69, 9.17) is 0 Å². The van der Waals surface area contributed by atoms with Gasteiger partial charge in [0.2, 0.25) is 0 Å². The highest BCUT2D eigenvalue weighted by molar-refractivity contribution is 8.00. The van der Waals surface area contributed by atoms with Crippen LogP contribution in [-0.2, 0) is 16.6 Å². The molecule has 1 aliphatic rings. The third-order valence-electron chi connectivity index (χ3n) is 3.32. The Kier molecular flexibility index (Phi) is 4.86. The first-order chi connectivity index (χ1) is 9.26. The van der Waals surface area contributed by atoms with Gasteiger partial charge in [-0.25, -0.2) is 8.42 Å². The summed E-state index contributed by atoms with van der Waals surface area (Å²) in [7, 11) is -1.47. The molecule has 0 atom stereocenters. The lowest BCUT2D eigenvalue weighted by Gasteiger charge is -2.36. The summed E-state index contributed by atoms with van der Waals surface area (Å²) in [5.74, 6) is 0.861. The maximum absolute atomic E-state index is 12.8. The third kappa shape index (κ3) is 3.39. The van der Waals surface area contributed by atoms with Gasteiger partial charge in [-0.3, -0.25) is 0 Å². The second-order valence-corrected chi connectivity index (χ2v) is 10.8. The largest absolute Gasteiger partial charge is 0.315 e. The summed E-state index contributed by atoms with van der Waals surface area (Å²) in [6, 6.07) is 1.81. The predicted octanol–water partition coefficient (Wildman–Crippen LogP) is 2.29. The van der Waals surface area contributed by atoms with Crippen molar-refractivity contribution < 1.29 is 8.42 Å². The van der Waals surface area contributed by atoms with Crippen molar-refractivity contribution in [1.29, 1.82) is 0 Å². The van der Waals surface area contributed by atoms with Crippen LogP contribution < -0.4 is 5.32 Å². The summed E-state index contributed by atoms with van der Waals surface area (Å²) in [4.78, 5) is 1.09. The van der Waals surface area contributed by atoms with Gasteiger partial charge in [0.15, 0.2) is 0 Å². The SMILES string of the molecule is CNCc1sc(S(=O)(=O)N2CCSC(C)(C)C2)cc1C. The van der Waals surface area contributed by atoms with Crippen molar-refractivity contribution >= 4 is 33.1 Å². The highest BCUT2D eigenvalue weighted by Crippen LogP contribution is 2.34. The Hall–Kier alpha value is -0.0800. The van der Waals surface area contributed by atoms with Crippen molar-refractivity contribution in [2.24, 2.45) is 0 Å². The lowest BCUT2D eigenvalue weighted by atomic mass is 10.2. The van der Waals surface area contributed by atoms with Gasteiger partial charge in [-0.15, -0.1) is 11.3 Å². The number of nitrogens with one attached hydrogen (secondary N) is 1. The van der Waals surface area contributed by atoms with Crippen LogP contribution in [0.3, 0.4) is 0 Å². The molecule has 0 radical (unpaired) electrons. The van der Waals surface area contributed by atoms with Crippen molar-refractivity contribution in [3.05, 3.63) is 16.5 Å². The second kappa shape index (κ2) is 5.96. The van der Waals surface area contributed by atoms with Crippen LogP contribution in [0, 0.1) is 6.92 Å². The van der Waals surface area contributed by atoms with Crippen LogP contribution in [0.2, 0.25) is 0 Å². The Balaban J connectivity index is 2.28. The first-order valence-electron chi connectivity index (χ1n) is 6.64. The number of thiophene rings is 1. The Morgan fingerprint density at radius 3 is 2.75 bits per heavy atom. The molecule has 1 aromatic heterocycles. The Morgan fingerprint density at radius 1 is 1.45 bits per heavy atom. The standard InChI is InChI=1S/C13H22N2O2S3/c1-10-7-12(19-11(10)8-14-4)20(16,17)15-5-6-18-13(2,3)9-15/h7,14H,5-6,8-9H2,1-4H3. The van der Waals surface area contributed by atoms with Crippen LogP contribution in [0.4, 0.5) is 0 Å². The van der Waals surface area contributed by atoms with Crippen molar-refractivity contribution in [2.75, 3.05) is 25.9 Å². The molecular formula is C13H22N2O2S3. The van der Waals surface area contributed by atoms with Gasteiger partial charge in [0.1, 0.15) is 4.21 Å². The fraction of sp³-hybridized carbons (Fsp3) is 0.692. The molecule has 2 rings (SSSR count). The molecule has 0 saturated carbocycles. The van der Waals surface area contributed by atoms with Crippen LogP contribution in [0.15, 0.2) is 10.3 Å². The van der Waals surface area contributed by atoms with Gasteiger partial charge in [0, 0.05) is 35.0 Å². The number of hydrogen-bond donors (Lipinski definition) is 1. The summed E-state index contributed by atoms with van der Waals surface area (Å²) in [5, 5.41) is 3.08. The molecule has 0 spiro atoms. The van der Waals surface area contributed by atoms with Crippen LogP contribution in [0.5, 0.6) is 0 Å². The monoisotopic (exact) mass is 334 g/mol. The van der Waals surface area contributed by atoms with Gasteiger partial charge in [-0.2, -0.15) is 16.1 Å². The molecule has 7 heteroatoms. The summed E-state index contributed by atoms with van der Waals surface area (Å²) in [5.41, 5.74) is 1.05. The smallest absolute Gasteiger partial charge is 0.252 e. The summed E-state index contributed by atoms with van der Waals surface area (Å²) < 4.78 is 27.6. The summed E-state index contributed by atoms with van der Waals surface area (Å²) in [6.45, 7) is 8.08. The number of hydrogen-bond acceptors (Lipinski definition) is 5. The number of rotatable bonds is 4. The van der Waals surface area contributed by atoms with Crippen molar-refractivity contribution in [2.45, 2.75) is 36.3 Å². The predicted molar refractivity (Wildman–Crippen MR) is 87.1 cm³/mol. The highest BCUT2D eigenvalue weighted by Gasteiger charge is 2.35. The molecule has 4 nitrogen and oxygen atoms in total. The van der Waals surface area contributed by atoms with E-state index in [1.165, 1.54) is 11.3 Å². The van der Waals surface area contributed by atoms with Crippen LogP contribution >= 0.6 is 23.1 Å². The van der Waals surface area contributed by atoms with E-state index < -0.39 is 10.0 Å². The minimum absolute atomic E-state index is 0.00850. The minimum Gasteiger partial charge on any atom is -0.315 e. The molecule has 1 N–H and O–H groups in total. The lowest BCUT2D eigenvalue weighted by molar-refractivity contribution is 0.388. The van der Waals surface area contributed by atoms with Gasteiger partial charge in [0.25, 0.3) is 10.0 Å². The molecule has 114 valence electrons. The topological polar surface area (TPSA) is 49.4 Å². The molecule has 1 fully saturated rings. The minimum atomic E-state index is -3.34. The van der Waals surface area contributed by atoms with Gasteiger partial charge in [-0.1, -0.05) is 0 Å². The average molecular weight is 335 g/mol. The molecule has 0 aliphatic carbocycles. The normalized spacial score (nSPS) is 20.2. The van der Waals surface area contributed by atoms with E-state index in [2.05, 4.69) is 19.2 Å². The molecule has 0 aromatic carbocycles. The molecule has 0 bridgehead atoms. The zero-order chi connectivity index (χ0) is 15.0. The molecule has 1 saturated heterocycles. The molecular weight excluding hydrogens is 312 g/mol. The molecule has 1 aliphatic heterocycles. The van der Waals surface area contributed by atoms with Crippen molar-refractivity contribution in [1.82, 2.24) is 9.62 Å². The van der Waals surface area contributed by atoms with Crippen LogP contribution in [0.25, 0.3) is 0 Å². The zero-order valence-electron chi connectivity index (χ0n) is 12.4. The van der Waals surface area contributed by atoms with E-state index in [1.807, 2.05) is 25.7 Å². The first-order valence-corrected chi connectivity index (χ1v) is 9.88. The van der Waals surface area contributed by atoms with Crippen LogP contribution in [0.1, 0.15) is 24.3 Å². The van der Waals surface area contributed by atoms with E-state index >= 15 is 0 Å². The zero-order valence-corrected chi connectivity index (χ0v) is 14.8. The van der Waals surface area contributed by atoms with Gasteiger partial charge in [0.05, 0.1) is 0 Å². The fourth-order valence-electron chi connectivity index (χ4n) is 2.26. The molecule has 0 amide bonds. The number of nitrogens with zero attached hydrogens (tertiary/aromatic N) is 1. The average Bonchev–Trinajstić information content (AvgIpc) is 2.71.